The Kier molecular flexibility index (Phi) is 7.04. The van der Waals surface area contributed by atoms with Crippen LogP contribution in [0.5, 0.6) is 11.5 Å². The topological polar surface area (TPSA) is 76.2 Å². The molecule has 0 unspecified atom stereocenters. The van der Waals surface area contributed by atoms with Crippen LogP contribution in [0.1, 0.15) is 19.8 Å². The second-order valence-electron chi connectivity index (χ2n) is 7.59. The standard InChI is InChI=1S/C22H27FN2O5S/c1-16-5-4-12-24(14-16)22(26)15-25(18-8-6-17(23)7-9-18)31(27,28)19-10-11-20(29-2)21(13-19)30-3/h6-11,13,16H,4-5,12,14-15H2,1-3H3/t16-/m0/s1. The number of rotatable bonds is 7. The van der Waals surface area contributed by atoms with E-state index in [4.69, 9.17) is 9.47 Å². The lowest BCUT2D eigenvalue weighted by Gasteiger charge is -2.33. The Morgan fingerprint density at radius 1 is 1.13 bits per heavy atom. The molecule has 31 heavy (non-hydrogen) atoms. The van der Waals surface area contributed by atoms with Crippen molar-refractivity contribution in [2.24, 2.45) is 5.92 Å². The van der Waals surface area contributed by atoms with Gasteiger partial charge >= 0.3 is 0 Å². The molecule has 0 spiro atoms. The number of hydrogen-bond donors (Lipinski definition) is 0. The number of methoxy groups -OCH3 is 2. The van der Waals surface area contributed by atoms with Gasteiger partial charge in [0.05, 0.1) is 24.8 Å². The van der Waals surface area contributed by atoms with Crippen molar-refractivity contribution in [1.29, 1.82) is 0 Å². The van der Waals surface area contributed by atoms with Crippen LogP contribution in [0.4, 0.5) is 10.1 Å². The molecule has 168 valence electrons. The van der Waals surface area contributed by atoms with Gasteiger partial charge in [-0.25, -0.2) is 12.8 Å². The van der Waals surface area contributed by atoms with Crippen molar-refractivity contribution in [2.45, 2.75) is 24.7 Å². The fraction of sp³-hybridized carbons (Fsp3) is 0.409. The molecule has 0 aliphatic carbocycles. The third kappa shape index (κ3) is 5.10. The minimum atomic E-state index is -4.14. The van der Waals surface area contributed by atoms with E-state index in [9.17, 15) is 17.6 Å². The Balaban J connectivity index is 1.99. The summed E-state index contributed by atoms with van der Waals surface area (Å²) in [4.78, 5) is 14.6. The van der Waals surface area contributed by atoms with E-state index in [1.54, 1.807) is 4.90 Å². The number of hydrogen-bond acceptors (Lipinski definition) is 5. The first-order valence-corrected chi connectivity index (χ1v) is 11.5. The maximum Gasteiger partial charge on any atom is 0.264 e. The van der Waals surface area contributed by atoms with Crippen molar-refractivity contribution in [3.63, 3.8) is 0 Å². The number of anilines is 1. The molecule has 0 saturated carbocycles. The van der Waals surface area contributed by atoms with E-state index in [1.807, 2.05) is 0 Å². The number of nitrogens with zero attached hydrogens (tertiary/aromatic N) is 2. The number of amides is 1. The summed E-state index contributed by atoms with van der Waals surface area (Å²) in [6.07, 6.45) is 1.92. The van der Waals surface area contributed by atoms with Crippen LogP contribution in [-0.2, 0) is 14.8 Å². The predicted molar refractivity (Wildman–Crippen MR) is 115 cm³/mol. The van der Waals surface area contributed by atoms with Gasteiger partial charge in [0.15, 0.2) is 11.5 Å². The highest BCUT2D eigenvalue weighted by atomic mass is 32.2. The largest absolute Gasteiger partial charge is 0.493 e. The third-order valence-corrected chi connectivity index (χ3v) is 7.12. The summed E-state index contributed by atoms with van der Waals surface area (Å²) < 4.78 is 52.0. The lowest BCUT2D eigenvalue weighted by Crippen LogP contribution is -2.46. The molecule has 9 heteroatoms. The average molecular weight is 451 g/mol. The number of sulfonamides is 1. The molecule has 3 rings (SSSR count). The van der Waals surface area contributed by atoms with Gasteiger partial charge in [0.25, 0.3) is 10.0 Å². The summed E-state index contributed by atoms with van der Waals surface area (Å²) in [6, 6.07) is 9.25. The van der Waals surface area contributed by atoms with E-state index >= 15 is 0 Å². The van der Waals surface area contributed by atoms with E-state index in [-0.39, 0.29) is 28.8 Å². The molecule has 1 saturated heterocycles. The Hall–Kier alpha value is -2.81. The van der Waals surface area contributed by atoms with E-state index in [0.717, 1.165) is 17.1 Å². The molecule has 0 N–H and O–H groups in total. The molecule has 1 amide bonds. The molecular formula is C22H27FN2O5S. The van der Waals surface area contributed by atoms with Crippen LogP contribution in [0.25, 0.3) is 0 Å². The highest BCUT2D eigenvalue weighted by Gasteiger charge is 2.31. The van der Waals surface area contributed by atoms with Crippen molar-refractivity contribution in [3.05, 3.63) is 48.3 Å². The molecule has 7 nitrogen and oxygen atoms in total. The van der Waals surface area contributed by atoms with E-state index in [1.165, 1.54) is 56.7 Å². The molecule has 2 aromatic carbocycles. The minimum absolute atomic E-state index is 0.0608. The Labute approximate surface area is 182 Å². The number of likely N-dealkylation sites (tertiary alicyclic amines) is 1. The summed E-state index contributed by atoms with van der Waals surface area (Å²) in [5, 5.41) is 0. The number of piperidine rings is 1. The molecule has 1 aliphatic rings. The van der Waals surface area contributed by atoms with Crippen LogP contribution in [0.3, 0.4) is 0 Å². The summed E-state index contributed by atoms with van der Waals surface area (Å²) in [5.74, 6) is 0.203. The summed E-state index contributed by atoms with van der Waals surface area (Å²) in [7, 11) is -1.28. The van der Waals surface area contributed by atoms with Gasteiger partial charge in [-0.2, -0.15) is 0 Å². The van der Waals surface area contributed by atoms with Gasteiger partial charge < -0.3 is 14.4 Å². The van der Waals surface area contributed by atoms with Gasteiger partial charge in [-0.3, -0.25) is 9.10 Å². The van der Waals surface area contributed by atoms with Crippen molar-refractivity contribution in [1.82, 2.24) is 4.90 Å². The van der Waals surface area contributed by atoms with Crippen LogP contribution in [-0.4, -0.2) is 53.1 Å². The normalized spacial score (nSPS) is 16.6. The van der Waals surface area contributed by atoms with Gasteiger partial charge in [0.2, 0.25) is 5.91 Å². The summed E-state index contributed by atoms with van der Waals surface area (Å²) >= 11 is 0. The SMILES string of the molecule is COc1ccc(S(=O)(=O)N(CC(=O)N2CCC[C@H](C)C2)c2ccc(F)cc2)cc1OC. The smallest absolute Gasteiger partial charge is 0.264 e. The van der Waals surface area contributed by atoms with Gasteiger partial charge in [0, 0.05) is 19.2 Å². The van der Waals surface area contributed by atoms with Crippen LogP contribution in [0.15, 0.2) is 47.4 Å². The number of halogens is 1. The van der Waals surface area contributed by atoms with Crippen molar-refractivity contribution < 1.29 is 27.1 Å². The van der Waals surface area contributed by atoms with Crippen LogP contribution in [0.2, 0.25) is 0 Å². The summed E-state index contributed by atoms with van der Waals surface area (Å²) in [6.45, 7) is 2.87. The summed E-state index contributed by atoms with van der Waals surface area (Å²) in [5.41, 5.74) is 0.203. The Morgan fingerprint density at radius 3 is 2.42 bits per heavy atom. The first-order chi connectivity index (χ1) is 14.8. The predicted octanol–water partition coefficient (Wildman–Crippen LogP) is 3.30. The highest BCUT2D eigenvalue weighted by molar-refractivity contribution is 7.92. The highest BCUT2D eigenvalue weighted by Crippen LogP contribution is 2.32. The zero-order valence-electron chi connectivity index (χ0n) is 17.9. The number of ether oxygens (including phenoxy) is 2. The molecule has 0 bridgehead atoms. The van der Waals surface area contributed by atoms with Gasteiger partial charge in [0.1, 0.15) is 12.4 Å². The molecule has 1 atom stereocenters. The first kappa shape index (κ1) is 22.9. The van der Waals surface area contributed by atoms with Crippen molar-refractivity contribution in [2.75, 3.05) is 38.2 Å². The van der Waals surface area contributed by atoms with Gasteiger partial charge in [-0.1, -0.05) is 6.92 Å². The maximum atomic E-state index is 13.5. The first-order valence-electron chi connectivity index (χ1n) is 10.0. The van der Waals surface area contributed by atoms with Crippen LogP contribution < -0.4 is 13.8 Å². The lowest BCUT2D eigenvalue weighted by molar-refractivity contribution is -0.131. The van der Waals surface area contributed by atoms with Crippen molar-refractivity contribution >= 4 is 21.6 Å². The van der Waals surface area contributed by atoms with Gasteiger partial charge in [-0.05, 0) is 55.2 Å². The van der Waals surface area contributed by atoms with E-state index in [2.05, 4.69) is 6.92 Å². The number of benzene rings is 2. The quantitative estimate of drug-likeness (QED) is 0.647. The van der Waals surface area contributed by atoms with E-state index < -0.39 is 15.8 Å². The van der Waals surface area contributed by atoms with Crippen molar-refractivity contribution in [3.8, 4) is 11.5 Å². The fourth-order valence-corrected chi connectivity index (χ4v) is 5.10. The maximum absolute atomic E-state index is 13.5. The Morgan fingerprint density at radius 2 is 1.81 bits per heavy atom. The second-order valence-corrected chi connectivity index (χ2v) is 9.45. The van der Waals surface area contributed by atoms with E-state index in [0.29, 0.717) is 24.8 Å². The average Bonchev–Trinajstić information content (AvgIpc) is 2.77. The molecule has 1 fully saturated rings. The molecule has 0 aromatic heterocycles. The third-order valence-electron chi connectivity index (χ3n) is 5.35. The number of carbonyl (C=O) groups excluding carboxylic acids is 1. The molecule has 2 aromatic rings. The van der Waals surface area contributed by atoms with Crippen LogP contribution in [0, 0.1) is 11.7 Å². The van der Waals surface area contributed by atoms with Crippen LogP contribution >= 0.6 is 0 Å². The number of carbonyl (C=O) groups is 1. The Bertz CT molecular complexity index is 1030. The second kappa shape index (κ2) is 9.55. The zero-order chi connectivity index (χ0) is 22.6. The fourth-order valence-electron chi connectivity index (χ4n) is 3.67. The molecular weight excluding hydrogens is 423 g/mol. The zero-order valence-corrected chi connectivity index (χ0v) is 18.7. The lowest BCUT2D eigenvalue weighted by atomic mass is 10.0. The monoisotopic (exact) mass is 450 g/mol. The molecule has 0 radical (unpaired) electrons. The van der Waals surface area contributed by atoms with Gasteiger partial charge in [-0.15, -0.1) is 0 Å². The molecule has 1 aliphatic heterocycles. The molecule has 1 heterocycles. The minimum Gasteiger partial charge on any atom is -0.493 e.